The number of aromatic nitrogens is 2. The Labute approximate surface area is 236 Å². The van der Waals surface area contributed by atoms with E-state index in [2.05, 4.69) is 32.4 Å². The topological polar surface area (TPSA) is 94.9 Å². The van der Waals surface area contributed by atoms with Crippen molar-refractivity contribution in [3.63, 3.8) is 0 Å². The number of halogens is 2. The van der Waals surface area contributed by atoms with Gasteiger partial charge in [-0.2, -0.15) is 10.1 Å². The van der Waals surface area contributed by atoms with E-state index in [4.69, 9.17) is 16.3 Å². The minimum absolute atomic E-state index is 0.173. The van der Waals surface area contributed by atoms with Crippen LogP contribution in [-0.4, -0.2) is 47.6 Å². The predicted molar refractivity (Wildman–Crippen MR) is 159 cm³/mol. The zero-order valence-corrected chi connectivity index (χ0v) is 22.6. The van der Waals surface area contributed by atoms with Gasteiger partial charge in [-0.15, -0.1) is 0 Å². The second kappa shape index (κ2) is 12.1. The van der Waals surface area contributed by atoms with Crippen LogP contribution in [0.2, 0.25) is 5.02 Å². The number of nitrogens with zero attached hydrogens (tertiary/aromatic N) is 4. The van der Waals surface area contributed by atoms with Crippen LogP contribution >= 0.6 is 11.6 Å². The molecule has 1 aliphatic rings. The molecule has 0 unspecified atom stereocenters. The SMILES string of the molecule is C=C(C)c1cc(Nc2cccc(-c3cccc(O)c3)c2)c(Cl)cc1/C=N/Nc1ncc(F)c(N2CCOCC2)n1. The molecule has 1 aliphatic heterocycles. The van der Waals surface area contributed by atoms with E-state index in [0.29, 0.717) is 37.0 Å². The summed E-state index contributed by atoms with van der Waals surface area (Å²) >= 11 is 6.66. The number of allylic oxidation sites excluding steroid dienone is 1. The number of ether oxygens (including phenoxy) is 1. The Bertz CT molecular complexity index is 1570. The van der Waals surface area contributed by atoms with Gasteiger partial charge in [0.25, 0.3) is 0 Å². The molecule has 1 fully saturated rings. The second-order valence-corrected chi connectivity index (χ2v) is 9.70. The first-order valence-electron chi connectivity index (χ1n) is 12.7. The summed E-state index contributed by atoms with van der Waals surface area (Å²) < 4.78 is 19.7. The first kappa shape index (κ1) is 27.1. The van der Waals surface area contributed by atoms with Crippen LogP contribution in [0.1, 0.15) is 18.1 Å². The average Bonchev–Trinajstić information content (AvgIpc) is 2.96. The Kier molecular flexibility index (Phi) is 8.23. The van der Waals surface area contributed by atoms with Gasteiger partial charge in [-0.05, 0) is 60.0 Å². The van der Waals surface area contributed by atoms with Gasteiger partial charge in [0.15, 0.2) is 11.6 Å². The summed E-state index contributed by atoms with van der Waals surface area (Å²) in [6.07, 6.45) is 2.73. The number of rotatable bonds is 8. The Balaban J connectivity index is 1.35. The summed E-state index contributed by atoms with van der Waals surface area (Å²) in [5.74, 6) is 0.0980. The molecule has 5 rings (SSSR count). The van der Waals surface area contributed by atoms with Crippen LogP contribution in [0.3, 0.4) is 0 Å². The summed E-state index contributed by atoms with van der Waals surface area (Å²) in [6, 6.07) is 18.6. The van der Waals surface area contributed by atoms with Crippen molar-refractivity contribution >= 4 is 46.5 Å². The first-order valence-corrected chi connectivity index (χ1v) is 13.1. The van der Waals surface area contributed by atoms with E-state index >= 15 is 0 Å². The highest BCUT2D eigenvalue weighted by molar-refractivity contribution is 6.33. The molecule has 8 nitrogen and oxygen atoms in total. The maximum Gasteiger partial charge on any atom is 0.245 e. The molecule has 4 aromatic rings. The molecule has 204 valence electrons. The lowest BCUT2D eigenvalue weighted by Gasteiger charge is -2.27. The van der Waals surface area contributed by atoms with Crippen molar-refractivity contribution < 1.29 is 14.2 Å². The van der Waals surface area contributed by atoms with E-state index in [9.17, 15) is 9.50 Å². The molecule has 0 bridgehead atoms. The Hall–Kier alpha value is -4.47. The Morgan fingerprint density at radius 1 is 1.12 bits per heavy atom. The number of hydrazone groups is 1. The smallest absolute Gasteiger partial charge is 0.245 e. The van der Waals surface area contributed by atoms with Crippen LogP contribution in [0.4, 0.5) is 27.5 Å². The van der Waals surface area contributed by atoms with Gasteiger partial charge in [-0.3, -0.25) is 0 Å². The molecule has 2 heterocycles. The molecule has 0 aliphatic carbocycles. The molecular formula is C30H28ClFN6O2. The van der Waals surface area contributed by atoms with Crippen molar-refractivity contribution in [2.45, 2.75) is 6.92 Å². The normalized spacial score (nSPS) is 13.4. The number of benzene rings is 3. The van der Waals surface area contributed by atoms with Crippen molar-refractivity contribution in [3.8, 4) is 16.9 Å². The van der Waals surface area contributed by atoms with Gasteiger partial charge in [0.05, 0.1) is 36.3 Å². The van der Waals surface area contributed by atoms with Crippen LogP contribution in [0, 0.1) is 5.82 Å². The molecule has 40 heavy (non-hydrogen) atoms. The van der Waals surface area contributed by atoms with Crippen molar-refractivity contribution in [2.24, 2.45) is 5.10 Å². The van der Waals surface area contributed by atoms with Gasteiger partial charge < -0.3 is 20.1 Å². The summed E-state index contributed by atoms with van der Waals surface area (Å²) in [6.45, 7) is 8.15. The molecule has 1 aromatic heterocycles. The maximum absolute atomic E-state index is 14.3. The monoisotopic (exact) mass is 558 g/mol. The number of hydrogen-bond donors (Lipinski definition) is 3. The molecule has 0 radical (unpaired) electrons. The van der Waals surface area contributed by atoms with Crippen molar-refractivity contribution in [2.75, 3.05) is 41.9 Å². The van der Waals surface area contributed by atoms with Crippen LogP contribution in [0.25, 0.3) is 16.7 Å². The molecule has 3 aromatic carbocycles. The lowest BCUT2D eigenvalue weighted by Crippen LogP contribution is -2.37. The van der Waals surface area contributed by atoms with E-state index < -0.39 is 5.82 Å². The van der Waals surface area contributed by atoms with Crippen LogP contribution < -0.4 is 15.6 Å². The second-order valence-electron chi connectivity index (χ2n) is 9.29. The van der Waals surface area contributed by atoms with Gasteiger partial charge in [0.1, 0.15) is 5.75 Å². The number of anilines is 4. The number of phenolic OH excluding ortho intramolecular Hbond substituents is 1. The van der Waals surface area contributed by atoms with Crippen LogP contribution in [0.5, 0.6) is 5.75 Å². The third-order valence-electron chi connectivity index (χ3n) is 6.32. The highest BCUT2D eigenvalue weighted by Crippen LogP contribution is 2.33. The van der Waals surface area contributed by atoms with E-state index in [-0.39, 0.29) is 17.5 Å². The number of nitrogens with one attached hydrogen (secondary N) is 2. The fraction of sp³-hybridized carbons (Fsp3) is 0.167. The quantitative estimate of drug-likeness (QED) is 0.163. The standard InChI is InChI=1S/C30H28ClFN6O2/c1-19(2)25-16-28(35-23-7-3-5-20(13-23)21-6-4-8-24(39)14-21)26(31)15-22(25)17-34-37-30-33-18-27(32)29(36-30)38-9-11-40-12-10-38/h3-8,13-18,35,39H,1,9-12H2,2H3,(H,33,36,37)/b34-17+. The fourth-order valence-electron chi connectivity index (χ4n) is 4.35. The Morgan fingerprint density at radius 2 is 1.88 bits per heavy atom. The number of phenols is 1. The average molecular weight is 559 g/mol. The lowest BCUT2D eigenvalue weighted by molar-refractivity contribution is 0.122. The van der Waals surface area contributed by atoms with Crippen molar-refractivity contribution in [3.05, 3.63) is 95.4 Å². The third-order valence-corrected chi connectivity index (χ3v) is 6.64. The van der Waals surface area contributed by atoms with Gasteiger partial charge in [0.2, 0.25) is 5.95 Å². The number of hydrogen-bond acceptors (Lipinski definition) is 8. The van der Waals surface area contributed by atoms with E-state index in [0.717, 1.165) is 39.7 Å². The van der Waals surface area contributed by atoms with Gasteiger partial charge in [-0.1, -0.05) is 48.0 Å². The van der Waals surface area contributed by atoms with Crippen LogP contribution in [-0.2, 0) is 4.74 Å². The Morgan fingerprint density at radius 3 is 2.62 bits per heavy atom. The third kappa shape index (κ3) is 6.39. The summed E-state index contributed by atoms with van der Waals surface area (Å²) in [5.41, 5.74) is 8.57. The number of aromatic hydroxyl groups is 1. The molecule has 3 N–H and O–H groups in total. The minimum Gasteiger partial charge on any atom is -0.508 e. The maximum atomic E-state index is 14.3. The summed E-state index contributed by atoms with van der Waals surface area (Å²) in [7, 11) is 0. The molecule has 0 amide bonds. The first-order chi connectivity index (χ1) is 19.4. The molecule has 0 atom stereocenters. The fourth-order valence-corrected chi connectivity index (χ4v) is 4.57. The molecule has 10 heteroatoms. The molecular weight excluding hydrogens is 531 g/mol. The summed E-state index contributed by atoms with van der Waals surface area (Å²) in [4.78, 5) is 10.1. The van der Waals surface area contributed by atoms with Crippen molar-refractivity contribution in [1.82, 2.24) is 9.97 Å². The van der Waals surface area contributed by atoms with E-state index in [1.165, 1.54) is 0 Å². The van der Waals surface area contributed by atoms with E-state index in [1.807, 2.05) is 48.2 Å². The van der Waals surface area contributed by atoms with Gasteiger partial charge in [0, 0.05) is 24.3 Å². The zero-order valence-electron chi connectivity index (χ0n) is 21.9. The van der Waals surface area contributed by atoms with Crippen molar-refractivity contribution in [1.29, 1.82) is 0 Å². The molecule has 1 saturated heterocycles. The molecule has 0 spiro atoms. The predicted octanol–water partition coefficient (Wildman–Crippen LogP) is 6.70. The largest absolute Gasteiger partial charge is 0.508 e. The van der Waals surface area contributed by atoms with Gasteiger partial charge in [-0.25, -0.2) is 14.8 Å². The van der Waals surface area contributed by atoms with Gasteiger partial charge >= 0.3 is 0 Å². The summed E-state index contributed by atoms with van der Waals surface area (Å²) in [5, 5.41) is 18.0. The number of morpholine rings is 1. The highest BCUT2D eigenvalue weighted by atomic mass is 35.5. The molecule has 0 saturated carbocycles. The highest BCUT2D eigenvalue weighted by Gasteiger charge is 2.18. The van der Waals surface area contributed by atoms with Crippen LogP contribution in [0.15, 0.2) is 78.5 Å². The zero-order chi connectivity index (χ0) is 28.1. The van der Waals surface area contributed by atoms with E-state index in [1.54, 1.807) is 30.5 Å². The minimum atomic E-state index is -0.497. The lowest BCUT2D eigenvalue weighted by atomic mass is 10.0.